The van der Waals surface area contributed by atoms with E-state index in [4.69, 9.17) is 4.42 Å². The molecule has 1 saturated heterocycles. The number of aliphatic hydroxyl groups is 1. The molecular weight excluding hydrogens is 321 g/mol. The normalized spacial score (nSPS) is 20.7. The maximum atomic E-state index is 13.9. The van der Waals surface area contributed by atoms with Gasteiger partial charge in [0.25, 0.3) is 0 Å². The van der Waals surface area contributed by atoms with Crippen molar-refractivity contribution in [2.75, 3.05) is 6.54 Å². The molecule has 0 amide bonds. The average molecular weight is 339 g/mol. The van der Waals surface area contributed by atoms with Crippen LogP contribution in [0.2, 0.25) is 0 Å². The molecule has 124 valence electrons. The standard InChI is InChI=1S/C16H18FNO4S/c17-13-6-1-2-8-16(13)23(20,21)18-9-3-5-12(18)11-14(19)15-7-4-10-22-15/h1-2,4,6-8,10,12,14,19H,3,5,9,11H2/t12-,14+/m1/s1. The van der Waals surface area contributed by atoms with Crippen LogP contribution in [0.15, 0.2) is 52.0 Å². The lowest BCUT2D eigenvalue weighted by Gasteiger charge is -2.25. The minimum atomic E-state index is -3.92. The zero-order valence-corrected chi connectivity index (χ0v) is 13.2. The van der Waals surface area contributed by atoms with E-state index in [0.717, 1.165) is 6.07 Å². The summed E-state index contributed by atoms with van der Waals surface area (Å²) in [5.41, 5.74) is 0. The number of hydrogen-bond donors (Lipinski definition) is 1. The summed E-state index contributed by atoms with van der Waals surface area (Å²) in [6.45, 7) is 0.326. The zero-order valence-electron chi connectivity index (χ0n) is 12.4. The van der Waals surface area contributed by atoms with Gasteiger partial charge in [-0.3, -0.25) is 0 Å². The van der Waals surface area contributed by atoms with Gasteiger partial charge in [-0.05, 0) is 43.5 Å². The van der Waals surface area contributed by atoms with Crippen molar-refractivity contribution in [3.05, 3.63) is 54.2 Å². The zero-order chi connectivity index (χ0) is 16.4. The summed E-state index contributed by atoms with van der Waals surface area (Å²) < 4.78 is 45.8. The first kappa shape index (κ1) is 16.2. The van der Waals surface area contributed by atoms with Gasteiger partial charge in [-0.25, -0.2) is 12.8 Å². The fraction of sp³-hybridized carbons (Fsp3) is 0.375. The molecule has 0 radical (unpaired) electrons. The van der Waals surface area contributed by atoms with E-state index >= 15 is 0 Å². The Balaban J connectivity index is 1.82. The molecule has 0 saturated carbocycles. The molecule has 23 heavy (non-hydrogen) atoms. The number of nitrogens with zero attached hydrogens (tertiary/aromatic N) is 1. The van der Waals surface area contributed by atoms with Gasteiger partial charge in [0.15, 0.2) is 0 Å². The monoisotopic (exact) mass is 339 g/mol. The van der Waals surface area contributed by atoms with E-state index in [9.17, 15) is 17.9 Å². The van der Waals surface area contributed by atoms with Crippen molar-refractivity contribution in [3.63, 3.8) is 0 Å². The predicted octanol–water partition coefficient (Wildman–Crippen LogP) is 2.70. The number of hydrogen-bond acceptors (Lipinski definition) is 4. The molecule has 1 aromatic heterocycles. The van der Waals surface area contributed by atoms with E-state index in [1.165, 1.54) is 28.8 Å². The van der Waals surface area contributed by atoms with Crippen molar-refractivity contribution in [2.45, 2.75) is 36.3 Å². The third-order valence-electron chi connectivity index (χ3n) is 4.11. The van der Waals surface area contributed by atoms with Gasteiger partial charge in [0, 0.05) is 12.6 Å². The van der Waals surface area contributed by atoms with Gasteiger partial charge in [0.2, 0.25) is 10.0 Å². The Bertz CT molecular complexity index is 760. The second-order valence-electron chi connectivity index (χ2n) is 5.61. The van der Waals surface area contributed by atoms with Crippen LogP contribution in [0.3, 0.4) is 0 Å². The Kier molecular flexibility index (Phi) is 4.52. The number of halogens is 1. The summed E-state index contributed by atoms with van der Waals surface area (Å²) in [5.74, 6) is -0.357. The third-order valence-corrected chi connectivity index (χ3v) is 6.10. The van der Waals surface area contributed by atoms with Crippen molar-refractivity contribution in [1.82, 2.24) is 4.31 Å². The second-order valence-corrected chi connectivity index (χ2v) is 7.47. The molecule has 2 aromatic rings. The molecule has 1 aliphatic rings. The number of rotatable bonds is 5. The van der Waals surface area contributed by atoms with Crippen LogP contribution in [0.4, 0.5) is 4.39 Å². The Morgan fingerprint density at radius 2 is 2.09 bits per heavy atom. The molecule has 3 rings (SSSR count). The number of sulfonamides is 1. The summed E-state index contributed by atoms with van der Waals surface area (Å²) >= 11 is 0. The van der Waals surface area contributed by atoms with E-state index in [1.807, 2.05) is 0 Å². The maximum absolute atomic E-state index is 13.9. The highest BCUT2D eigenvalue weighted by atomic mass is 32.2. The summed E-state index contributed by atoms with van der Waals surface area (Å²) in [6, 6.07) is 8.30. The second kappa shape index (κ2) is 6.43. The Morgan fingerprint density at radius 3 is 2.78 bits per heavy atom. The molecule has 1 fully saturated rings. The van der Waals surface area contributed by atoms with E-state index < -0.39 is 21.9 Å². The van der Waals surface area contributed by atoms with Gasteiger partial charge in [-0.1, -0.05) is 12.1 Å². The minimum absolute atomic E-state index is 0.223. The van der Waals surface area contributed by atoms with Crippen LogP contribution in [0.1, 0.15) is 31.1 Å². The number of aliphatic hydroxyl groups excluding tert-OH is 1. The van der Waals surface area contributed by atoms with Crippen molar-refractivity contribution in [3.8, 4) is 0 Å². The van der Waals surface area contributed by atoms with Gasteiger partial charge in [-0.15, -0.1) is 0 Å². The largest absolute Gasteiger partial charge is 0.467 e. The molecule has 0 spiro atoms. The van der Waals surface area contributed by atoms with Crippen molar-refractivity contribution in [1.29, 1.82) is 0 Å². The molecule has 5 nitrogen and oxygen atoms in total. The van der Waals surface area contributed by atoms with Gasteiger partial charge >= 0.3 is 0 Å². The van der Waals surface area contributed by atoms with Crippen LogP contribution >= 0.6 is 0 Å². The lowest BCUT2D eigenvalue weighted by atomic mass is 10.1. The van der Waals surface area contributed by atoms with Crippen molar-refractivity contribution < 1.29 is 22.3 Å². The molecule has 1 aliphatic heterocycles. The first-order chi connectivity index (χ1) is 11.0. The molecule has 1 aromatic carbocycles. The highest BCUT2D eigenvalue weighted by molar-refractivity contribution is 7.89. The van der Waals surface area contributed by atoms with Gasteiger partial charge < -0.3 is 9.52 Å². The number of benzene rings is 1. The summed E-state index contributed by atoms with van der Waals surface area (Å²) in [6.07, 6.45) is 2.11. The molecule has 1 N–H and O–H groups in total. The highest BCUT2D eigenvalue weighted by Crippen LogP contribution is 2.32. The fourth-order valence-electron chi connectivity index (χ4n) is 3.00. The fourth-order valence-corrected chi connectivity index (χ4v) is 4.77. The van der Waals surface area contributed by atoms with Crippen LogP contribution < -0.4 is 0 Å². The third kappa shape index (κ3) is 3.17. The lowest BCUT2D eigenvalue weighted by molar-refractivity contribution is 0.118. The molecule has 2 heterocycles. The molecule has 0 unspecified atom stereocenters. The highest BCUT2D eigenvalue weighted by Gasteiger charge is 2.37. The SMILES string of the molecule is O=S(=O)(c1ccccc1F)N1CCC[C@@H]1C[C@H](O)c1ccco1. The van der Waals surface area contributed by atoms with E-state index in [0.29, 0.717) is 25.1 Å². The molecule has 7 heteroatoms. The lowest BCUT2D eigenvalue weighted by Crippen LogP contribution is -2.36. The van der Waals surface area contributed by atoms with E-state index in [2.05, 4.69) is 0 Å². The van der Waals surface area contributed by atoms with Crippen LogP contribution in [0.5, 0.6) is 0 Å². The first-order valence-corrected chi connectivity index (χ1v) is 8.92. The molecule has 0 aliphatic carbocycles. The van der Waals surface area contributed by atoms with Gasteiger partial charge in [0.05, 0.1) is 6.26 Å². The Labute approximate surface area is 134 Å². The van der Waals surface area contributed by atoms with Crippen LogP contribution in [-0.4, -0.2) is 30.4 Å². The van der Waals surface area contributed by atoms with Crippen LogP contribution in [0.25, 0.3) is 0 Å². The molecular formula is C16H18FNO4S. The maximum Gasteiger partial charge on any atom is 0.246 e. The average Bonchev–Trinajstić information content (AvgIpc) is 3.19. The molecule has 2 atom stereocenters. The van der Waals surface area contributed by atoms with Crippen LogP contribution in [-0.2, 0) is 10.0 Å². The van der Waals surface area contributed by atoms with Crippen molar-refractivity contribution >= 4 is 10.0 Å². The van der Waals surface area contributed by atoms with E-state index in [1.54, 1.807) is 12.1 Å². The topological polar surface area (TPSA) is 70.8 Å². The number of furan rings is 1. The van der Waals surface area contributed by atoms with Crippen molar-refractivity contribution in [2.24, 2.45) is 0 Å². The molecule has 0 bridgehead atoms. The minimum Gasteiger partial charge on any atom is -0.467 e. The summed E-state index contributed by atoms with van der Waals surface area (Å²) in [7, 11) is -3.92. The summed E-state index contributed by atoms with van der Waals surface area (Å²) in [5, 5.41) is 10.2. The Hall–Kier alpha value is -1.70. The summed E-state index contributed by atoms with van der Waals surface area (Å²) in [4.78, 5) is -0.320. The van der Waals surface area contributed by atoms with E-state index in [-0.39, 0.29) is 17.4 Å². The quantitative estimate of drug-likeness (QED) is 0.909. The predicted molar refractivity (Wildman–Crippen MR) is 81.6 cm³/mol. The van der Waals surface area contributed by atoms with Gasteiger partial charge in [-0.2, -0.15) is 4.31 Å². The van der Waals surface area contributed by atoms with Gasteiger partial charge in [0.1, 0.15) is 22.6 Å². The smallest absolute Gasteiger partial charge is 0.246 e. The van der Waals surface area contributed by atoms with Crippen LogP contribution in [0, 0.1) is 5.82 Å². The Morgan fingerprint density at radius 1 is 1.30 bits per heavy atom. The first-order valence-electron chi connectivity index (χ1n) is 7.48.